The van der Waals surface area contributed by atoms with Crippen molar-refractivity contribution in [2.45, 2.75) is 103 Å². The van der Waals surface area contributed by atoms with Crippen LogP contribution in [0.25, 0.3) is 0 Å². The number of likely N-dealkylation sites (tertiary alicyclic amines) is 1. The van der Waals surface area contributed by atoms with Crippen molar-refractivity contribution in [3.63, 3.8) is 0 Å². The van der Waals surface area contributed by atoms with Crippen LogP contribution in [-0.4, -0.2) is 60.4 Å². The minimum absolute atomic E-state index is 0.0413. The van der Waals surface area contributed by atoms with Crippen molar-refractivity contribution in [2.24, 2.45) is 34.5 Å². The summed E-state index contributed by atoms with van der Waals surface area (Å²) in [4.78, 5) is 26.6. The summed E-state index contributed by atoms with van der Waals surface area (Å²) in [6.07, 6.45) is 15.9. The van der Waals surface area contributed by atoms with Crippen LogP contribution < -0.4 is 0 Å². The SMILES string of the molecule is C=C(/C=C\C(=O)OC)[C@H]1CC[C@]2(O)[C@@H]3CC[C@@H]4C[C@@H](OC(=O)CN5CCCCC5)CC[C@]4(C)C3CC[C@]12C. The maximum Gasteiger partial charge on any atom is 0.330 e. The molecular weight excluding hydrogens is 478 g/mol. The molecule has 6 heteroatoms. The van der Waals surface area contributed by atoms with Crippen LogP contribution in [0.5, 0.6) is 0 Å². The fourth-order valence-corrected chi connectivity index (χ4v) is 9.77. The molecular formula is C32H49NO5. The van der Waals surface area contributed by atoms with Crippen molar-refractivity contribution >= 4 is 11.9 Å². The van der Waals surface area contributed by atoms with Crippen LogP contribution in [0.2, 0.25) is 0 Å². The zero-order valence-electron chi connectivity index (χ0n) is 23.9. The highest BCUT2D eigenvalue weighted by atomic mass is 16.5. The predicted molar refractivity (Wildman–Crippen MR) is 147 cm³/mol. The summed E-state index contributed by atoms with van der Waals surface area (Å²) in [7, 11) is 1.39. The van der Waals surface area contributed by atoms with Crippen LogP contribution in [0.3, 0.4) is 0 Å². The number of carbonyl (C=O) groups is 2. The third-order valence-electron chi connectivity index (χ3n) is 12.0. The van der Waals surface area contributed by atoms with E-state index in [1.165, 1.54) is 32.4 Å². The Hall–Kier alpha value is -1.66. The van der Waals surface area contributed by atoms with E-state index in [0.717, 1.165) is 76.5 Å². The van der Waals surface area contributed by atoms with Crippen LogP contribution in [0.1, 0.15) is 90.9 Å². The van der Waals surface area contributed by atoms with Crippen molar-refractivity contribution in [2.75, 3.05) is 26.7 Å². The maximum absolute atomic E-state index is 12.7. The monoisotopic (exact) mass is 527 g/mol. The van der Waals surface area contributed by atoms with Gasteiger partial charge in [-0.3, -0.25) is 9.69 Å². The molecule has 38 heavy (non-hydrogen) atoms. The van der Waals surface area contributed by atoms with E-state index >= 15 is 0 Å². The number of hydrogen-bond acceptors (Lipinski definition) is 6. The van der Waals surface area contributed by atoms with Gasteiger partial charge in [0.05, 0.1) is 19.3 Å². The van der Waals surface area contributed by atoms with E-state index in [9.17, 15) is 14.7 Å². The van der Waals surface area contributed by atoms with Gasteiger partial charge in [-0.25, -0.2) is 4.79 Å². The molecule has 0 amide bonds. The molecule has 1 N–H and O–H groups in total. The highest BCUT2D eigenvalue weighted by Gasteiger charge is 2.67. The van der Waals surface area contributed by atoms with Gasteiger partial charge in [0.2, 0.25) is 0 Å². The molecule has 0 aromatic heterocycles. The van der Waals surface area contributed by atoms with Gasteiger partial charge in [0, 0.05) is 11.5 Å². The zero-order chi connectivity index (χ0) is 27.1. The first kappa shape index (κ1) is 27.9. The van der Waals surface area contributed by atoms with Crippen LogP contribution in [0, 0.1) is 34.5 Å². The molecule has 0 spiro atoms. The fraction of sp³-hybridized carbons (Fsp3) is 0.812. The number of piperidine rings is 1. The summed E-state index contributed by atoms with van der Waals surface area (Å²) in [6.45, 7) is 11.5. The number of fused-ring (bicyclic) bond motifs is 5. The van der Waals surface area contributed by atoms with Gasteiger partial charge in [0.1, 0.15) is 6.10 Å². The molecule has 1 heterocycles. The molecule has 8 atom stereocenters. The number of methoxy groups -OCH3 is 1. The Bertz CT molecular complexity index is 955. The molecule has 0 bridgehead atoms. The Kier molecular flexibility index (Phi) is 7.87. The Morgan fingerprint density at radius 3 is 2.47 bits per heavy atom. The lowest BCUT2D eigenvalue weighted by Crippen LogP contribution is -2.62. The summed E-state index contributed by atoms with van der Waals surface area (Å²) >= 11 is 0. The summed E-state index contributed by atoms with van der Waals surface area (Å²) in [6, 6.07) is 0. The Morgan fingerprint density at radius 1 is 0.974 bits per heavy atom. The third-order valence-corrected chi connectivity index (χ3v) is 12.0. The summed E-state index contributed by atoms with van der Waals surface area (Å²) < 4.78 is 10.8. The number of esters is 2. The molecule has 5 fully saturated rings. The number of ether oxygens (including phenoxy) is 2. The number of allylic oxidation sites excluding steroid dienone is 2. The van der Waals surface area contributed by atoms with Crippen LogP contribution >= 0.6 is 0 Å². The Balaban J connectivity index is 1.24. The van der Waals surface area contributed by atoms with Gasteiger partial charge in [0.25, 0.3) is 0 Å². The number of rotatable bonds is 6. The second kappa shape index (κ2) is 10.7. The van der Waals surface area contributed by atoms with Gasteiger partial charge < -0.3 is 14.6 Å². The molecule has 1 saturated heterocycles. The lowest BCUT2D eigenvalue weighted by molar-refractivity contribution is -0.209. The van der Waals surface area contributed by atoms with E-state index in [1.54, 1.807) is 6.08 Å². The number of nitrogens with zero attached hydrogens (tertiary/aromatic N) is 1. The zero-order valence-corrected chi connectivity index (χ0v) is 23.9. The van der Waals surface area contributed by atoms with E-state index < -0.39 is 5.60 Å². The third kappa shape index (κ3) is 4.78. The summed E-state index contributed by atoms with van der Waals surface area (Å²) in [5.74, 6) is 1.11. The molecule has 0 aromatic rings. The number of aliphatic hydroxyl groups is 1. The second-order valence-electron chi connectivity index (χ2n) is 13.6. The molecule has 6 nitrogen and oxygen atoms in total. The lowest BCUT2D eigenvalue weighted by Gasteiger charge is -2.63. The van der Waals surface area contributed by atoms with Gasteiger partial charge >= 0.3 is 11.9 Å². The van der Waals surface area contributed by atoms with E-state index in [4.69, 9.17) is 9.47 Å². The molecule has 4 aliphatic carbocycles. The highest BCUT2D eigenvalue weighted by Crippen LogP contribution is 2.69. The minimum atomic E-state index is -0.700. The average Bonchev–Trinajstić information content (AvgIpc) is 3.19. The van der Waals surface area contributed by atoms with E-state index in [0.29, 0.717) is 24.3 Å². The Labute approximate surface area is 229 Å². The average molecular weight is 528 g/mol. The van der Waals surface area contributed by atoms with Crippen molar-refractivity contribution < 1.29 is 24.2 Å². The van der Waals surface area contributed by atoms with Gasteiger partial charge in [-0.05, 0) is 113 Å². The first-order chi connectivity index (χ1) is 18.1. The first-order valence-electron chi connectivity index (χ1n) is 15.2. The van der Waals surface area contributed by atoms with Crippen LogP contribution in [0.15, 0.2) is 24.3 Å². The molecule has 0 aromatic carbocycles. The topological polar surface area (TPSA) is 76.1 Å². The highest BCUT2D eigenvalue weighted by molar-refractivity contribution is 5.82. The van der Waals surface area contributed by atoms with E-state index in [2.05, 4.69) is 25.3 Å². The van der Waals surface area contributed by atoms with Crippen molar-refractivity contribution in [3.05, 3.63) is 24.3 Å². The van der Waals surface area contributed by atoms with Gasteiger partial charge in [0.15, 0.2) is 0 Å². The van der Waals surface area contributed by atoms with Gasteiger partial charge in [-0.1, -0.05) is 38.5 Å². The molecule has 5 aliphatic rings. The molecule has 4 saturated carbocycles. The molecule has 5 rings (SSSR count). The number of carbonyl (C=O) groups excluding carboxylic acids is 2. The number of hydrogen-bond donors (Lipinski definition) is 1. The van der Waals surface area contributed by atoms with Gasteiger partial charge in [-0.15, -0.1) is 0 Å². The van der Waals surface area contributed by atoms with E-state index in [1.807, 2.05) is 0 Å². The minimum Gasteiger partial charge on any atom is -0.466 e. The standard InChI is InChI=1S/C32H49NO5/c1-22(8-11-28(34)37-4)25-14-17-32(36)27-10-9-23-20-24(38-29(35)21-33-18-6-5-7-19-33)12-15-30(23,2)26(27)13-16-31(25,32)3/h8,11,23-27,36H,1,5-7,9-10,12-21H2,2-4H3/b11-8-/t23-,24+,25-,26?,27-,30+,31-,32+/m1/s1. The quantitative estimate of drug-likeness (QED) is 0.282. The fourth-order valence-electron chi connectivity index (χ4n) is 9.77. The molecule has 0 radical (unpaired) electrons. The van der Waals surface area contributed by atoms with Crippen LogP contribution in [0.4, 0.5) is 0 Å². The molecule has 1 unspecified atom stereocenters. The van der Waals surface area contributed by atoms with Crippen molar-refractivity contribution in [3.8, 4) is 0 Å². The van der Waals surface area contributed by atoms with Crippen molar-refractivity contribution in [1.29, 1.82) is 0 Å². The van der Waals surface area contributed by atoms with Gasteiger partial charge in [-0.2, -0.15) is 0 Å². The normalized spacial score (nSPS) is 43.1. The molecule has 1 aliphatic heterocycles. The molecule has 212 valence electrons. The lowest BCUT2D eigenvalue weighted by atomic mass is 9.43. The largest absolute Gasteiger partial charge is 0.466 e. The Morgan fingerprint density at radius 2 is 1.74 bits per heavy atom. The maximum atomic E-state index is 12.7. The van der Waals surface area contributed by atoms with Crippen molar-refractivity contribution in [1.82, 2.24) is 4.90 Å². The summed E-state index contributed by atoms with van der Waals surface area (Å²) in [5.41, 5.74) is 0.194. The van der Waals surface area contributed by atoms with E-state index in [-0.39, 0.29) is 34.8 Å². The van der Waals surface area contributed by atoms with Crippen LogP contribution in [-0.2, 0) is 19.1 Å². The smallest absolute Gasteiger partial charge is 0.330 e. The summed E-state index contributed by atoms with van der Waals surface area (Å²) in [5, 5.41) is 12.4. The second-order valence-corrected chi connectivity index (χ2v) is 13.6. The first-order valence-corrected chi connectivity index (χ1v) is 15.2. The predicted octanol–water partition coefficient (Wildman–Crippen LogP) is 5.44.